The van der Waals surface area contributed by atoms with Crippen LogP contribution in [0.3, 0.4) is 0 Å². The first-order chi connectivity index (χ1) is 3.91. The van der Waals surface area contributed by atoms with Gasteiger partial charge in [0.05, 0.1) is 0 Å². The Hall–Kier alpha value is 1.24. The van der Waals surface area contributed by atoms with Crippen LogP contribution in [0.5, 0.6) is 0 Å². The van der Waals surface area contributed by atoms with E-state index in [4.69, 9.17) is 19.1 Å². The first kappa shape index (κ1) is 12.9. The molecule has 0 radical (unpaired) electrons. The molecule has 0 aromatic rings. The van der Waals surface area contributed by atoms with Crippen molar-refractivity contribution in [2.45, 2.75) is 6.42 Å². The van der Waals surface area contributed by atoms with Crippen molar-refractivity contribution in [2.75, 3.05) is 0 Å². The van der Waals surface area contributed by atoms with E-state index in [1.54, 1.807) is 0 Å². The van der Waals surface area contributed by atoms with Crippen LogP contribution in [0.2, 0.25) is 0 Å². The van der Waals surface area contributed by atoms with Crippen molar-refractivity contribution in [3.05, 3.63) is 24.3 Å². The first-order valence-corrected chi connectivity index (χ1v) is 5.96. The molecule has 0 aromatic carbocycles. The minimum atomic E-state index is -0.106. The van der Waals surface area contributed by atoms with Gasteiger partial charge in [0, 0.05) is 17.1 Å². The monoisotopic (exact) mass is 297 g/mol. The molecule has 0 amide bonds. The third kappa shape index (κ3) is 12.4. The Labute approximate surface area is 82.3 Å². The summed E-state index contributed by atoms with van der Waals surface area (Å²) in [7, 11) is 9.63. The van der Waals surface area contributed by atoms with E-state index in [1.165, 1.54) is 0 Å². The molecule has 0 saturated carbocycles. The molecule has 0 atom stereocenters. The third-order valence-electron chi connectivity index (χ3n) is 0.586. The van der Waals surface area contributed by atoms with Crippen LogP contribution in [0, 0.1) is 6.08 Å². The number of hydrogen-bond donors (Lipinski definition) is 0. The van der Waals surface area contributed by atoms with Gasteiger partial charge in [-0.1, -0.05) is 0 Å². The summed E-state index contributed by atoms with van der Waals surface area (Å²) in [6.45, 7) is 0. The fourth-order valence-corrected chi connectivity index (χ4v) is 0.340. The van der Waals surface area contributed by atoms with Gasteiger partial charge in [-0.3, -0.25) is 6.08 Å². The van der Waals surface area contributed by atoms with Crippen LogP contribution in [-0.2, 0) is 33.0 Å². The minimum absolute atomic E-state index is 0. The Bertz CT molecular complexity index is 83.0. The maximum Gasteiger partial charge on any atom is 0 e. The summed E-state index contributed by atoms with van der Waals surface area (Å²) in [5, 5.41) is 0. The van der Waals surface area contributed by atoms with Crippen LogP contribution < -0.4 is 0 Å². The number of hydrogen-bond acceptors (Lipinski definition) is 0. The summed E-state index contributed by atoms with van der Waals surface area (Å²) in [4.78, 5) is 0. The molecular weight excluding hydrogens is 293 g/mol. The maximum absolute atomic E-state index is 4.81. The van der Waals surface area contributed by atoms with E-state index in [1.807, 2.05) is 12.2 Å². The predicted octanol–water partition coefficient (Wildman–Crippen LogP) is 2.68. The van der Waals surface area contributed by atoms with Gasteiger partial charge in [0.25, 0.3) is 0 Å². The molecule has 0 heterocycles. The largest absolute Gasteiger partial charge is 0 e. The second kappa shape index (κ2) is 12.0. The SMILES string of the molecule is [C-]1=CC=CC1.[Cl][Pd][Cl].[Fe]. The molecule has 0 nitrogen and oxygen atoms in total. The molecule has 0 saturated heterocycles. The molecule has 1 rings (SSSR count). The Balaban J connectivity index is 0. The van der Waals surface area contributed by atoms with Gasteiger partial charge in [-0.15, -0.1) is 6.42 Å². The van der Waals surface area contributed by atoms with E-state index in [0.29, 0.717) is 0 Å². The molecule has 1 aliphatic carbocycles. The molecule has 0 unspecified atom stereocenters. The van der Waals surface area contributed by atoms with Crippen LogP contribution >= 0.6 is 19.1 Å². The Morgan fingerprint density at radius 2 is 2.00 bits per heavy atom. The van der Waals surface area contributed by atoms with Gasteiger partial charge in [-0.25, -0.2) is 12.2 Å². The maximum atomic E-state index is 4.81. The van der Waals surface area contributed by atoms with Gasteiger partial charge in [0.1, 0.15) is 0 Å². The first-order valence-electron chi connectivity index (χ1n) is 1.96. The minimum Gasteiger partial charge on any atom is 0 e. The van der Waals surface area contributed by atoms with E-state index >= 15 is 0 Å². The van der Waals surface area contributed by atoms with Crippen molar-refractivity contribution < 1.29 is 33.0 Å². The molecule has 4 heteroatoms. The van der Waals surface area contributed by atoms with Crippen molar-refractivity contribution in [1.29, 1.82) is 0 Å². The summed E-state index contributed by atoms with van der Waals surface area (Å²) in [6, 6.07) is 0. The van der Waals surface area contributed by atoms with E-state index in [0.717, 1.165) is 6.42 Å². The summed E-state index contributed by atoms with van der Waals surface area (Å²) in [5.41, 5.74) is 0. The smallest absolute Gasteiger partial charge is 0 e. The third-order valence-corrected chi connectivity index (χ3v) is 0.586. The Morgan fingerprint density at radius 3 is 2.11 bits per heavy atom. The average Bonchev–Trinajstić information content (AvgIpc) is 2.17. The fraction of sp³-hybridized carbons (Fsp3) is 0.200. The van der Waals surface area contributed by atoms with Gasteiger partial charge < -0.3 is 0 Å². The quantitative estimate of drug-likeness (QED) is 0.476. The van der Waals surface area contributed by atoms with Crippen LogP contribution in [0.25, 0.3) is 0 Å². The van der Waals surface area contributed by atoms with Crippen molar-refractivity contribution >= 4 is 19.1 Å². The molecular formula is C5H5Cl2FePd-. The van der Waals surface area contributed by atoms with Gasteiger partial charge in [-0.05, 0) is 0 Å². The zero-order valence-corrected chi connectivity index (χ0v) is 8.54. The molecule has 0 aromatic heterocycles. The summed E-state index contributed by atoms with van der Waals surface area (Å²) >= 11 is -0.106. The number of allylic oxidation sites excluding steroid dienone is 4. The van der Waals surface area contributed by atoms with Gasteiger partial charge >= 0.3 is 35.0 Å². The summed E-state index contributed by atoms with van der Waals surface area (Å²) < 4.78 is 0. The standard InChI is InChI=1S/C5H5.2ClH.Fe.Pd/c1-2-4-5-3-1;;;;/h1-3H,4H2;2*1H;;/q-1;;;;+2/p-2. The van der Waals surface area contributed by atoms with E-state index in [-0.39, 0.29) is 33.0 Å². The van der Waals surface area contributed by atoms with Crippen LogP contribution in [0.4, 0.5) is 0 Å². The number of rotatable bonds is 0. The molecule has 1 aliphatic rings. The Kier molecular flexibility index (Phi) is 17.1. The van der Waals surface area contributed by atoms with Crippen molar-refractivity contribution in [3.8, 4) is 0 Å². The average molecular weight is 298 g/mol. The van der Waals surface area contributed by atoms with Gasteiger partial charge in [-0.2, -0.15) is 6.08 Å². The zero-order chi connectivity index (χ0) is 6.24. The van der Waals surface area contributed by atoms with Crippen molar-refractivity contribution in [1.82, 2.24) is 0 Å². The van der Waals surface area contributed by atoms with Crippen LogP contribution in [-0.4, -0.2) is 0 Å². The van der Waals surface area contributed by atoms with E-state index in [9.17, 15) is 0 Å². The molecule has 0 N–H and O–H groups in total. The topological polar surface area (TPSA) is 0 Å². The summed E-state index contributed by atoms with van der Waals surface area (Å²) in [6.07, 6.45) is 10.0. The second-order valence-corrected chi connectivity index (χ2v) is 3.41. The second-order valence-electron chi connectivity index (χ2n) is 1.05. The number of halogens is 2. The normalized spacial score (nSPS) is 12.2. The van der Waals surface area contributed by atoms with Gasteiger partial charge in [0.15, 0.2) is 0 Å². The van der Waals surface area contributed by atoms with Gasteiger partial charge in [0.2, 0.25) is 0 Å². The van der Waals surface area contributed by atoms with E-state index < -0.39 is 0 Å². The predicted molar refractivity (Wildman–Crippen MR) is 33.3 cm³/mol. The fourth-order valence-electron chi connectivity index (χ4n) is 0.340. The summed E-state index contributed by atoms with van der Waals surface area (Å²) in [5.74, 6) is 0. The molecule has 0 fully saturated rings. The van der Waals surface area contributed by atoms with Crippen LogP contribution in [0.1, 0.15) is 6.42 Å². The van der Waals surface area contributed by atoms with Crippen LogP contribution in [0.15, 0.2) is 18.2 Å². The van der Waals surface area contributed by atoms with Crippen molar-refractivity contribution in [3.63, 3.8) is 0 Å². The molecule has 0 bridgehead atoms. The zero-order valence-electron chi connectivity index (χ0n) is 4.36. The Morgan fingerprint density at radius 1 is 1.44 bits per heavy atom. The molecule has 9 heavy (non-hydrogen) atoms. The molecule has 0 spiro atoms. The van der Waals surface area contributed by atoms with E-state index in [2.05, 4.69) is 12.2 Å². The van der Waals surface area contributed by atoms with Crippen molar-refractivity contribution in [2.24, 2.45) is 0 Å². The molecule has 0 aliphatic heterocycles. The molecule has 58 valence electrons.